The lowest BCUT2D eigenvalue weighted by Crippen LogP contribution is -2.40. The van der Waals surface area contributed by atoms with E-state index in [4.69, 9.17) is 16.7 Å². The number of hydrogen-bond donors (Lipinski definition) is 1. The van der Waals surface area contributed by atoms with E-state index in [1.54, 1.807) is 24.3 Å². The molecule has 5 heteroatoms. The maximum absolute atomic E-state index is 12.7. The molecule has 0 heterocycles. The molecule has 1 aliphatic rings. The summed E-state index contributed by atoms with van der Waals surface area (Å²) in [6, 6.07) is 6.78. The number of carboxylic acid groups (broad SMARTS) is 1. The van der Waals surface area contributed by atoms with Gasteiger partial charge in [0.05, 0.1) is 0 Å². The van der Waals surface area contributed by atoms with Crippen LogP contribution >= 0.6 is 11.6 Å². The lowest BCUT2D eigenvalue weighted by molar-refractivity contribution is -0.137. The van der Waals surface area contributed by atoms with Gasteiger partial charge in [-0.05, 0) is 49.8 Å². The third-order valence-corrected chi connectivity index (χ3v) is 4.28. The lowest BCUT2D eigenvalue weighted by atomic mass is 9.82. The number of carbonyl (C=O) groups excluding carboxylic acids is 1. The van der Waals surface area contributed by atoms with Gasteiger partial charge in [0.1, 0.15) is 6.54 Å². The molecule has 0 unspecified atom stereocenters. The van der Waals surface area contributed by atoms with Gasteiger partial charge in [-0.3, -0.25) is 9.59 Å². The molecule has 4 nitrogen and oxygen atoms in total. The minimum Gasteiger partial charge on any atom is -0.480 e. The standard InChI is InChI=1S/C16H20ClNO3/c1-11-5-7-12(8-6-11)16(21)18(10-15(19)20)14-4-2-3-13(17)9-14/h2-4,9,11-12H,5-8,10H2,1H3,(H,19,20). The highest BCUT2D eigenvalue weighted by Gasteiger charge is 2.30. The summed E-state index contributed by atoms with van der Waals surface area (Å²) in [5.41, 5.74) is 0.550. The largest absolute Gasteiger partial charge is 0.480 e. The predicted molar refractivity (Wildman–Crippen MR) is 82.6 cm³/mol. The van der Waals surface area contributed by atoms with E-state index in [1.807, 2.05) is 0 Å². The Bertz CT molecular complexity index is 524. The predicted octanol–water partition coefficient (Wildman–Crippen LogP) is 3.58. The van der Waals surface area contributed by atoms with Crippen molar-refractivity contribution in [3.63, 3.8) is 0 Å². The first-order valence-electron chi connectivity index (χ1n) is 7.26. The van der Waals surface area contributed by atoms with Crippen LogP contribution in [0.3, 0.4) is 0 Å². The Hall–Kier alpha value is -1.55. The van der Waals surface area contributed by atoms with Gasteiger partial charge in [0.25, 0.3) is 0 Å². The summed E-state index contributed by atoms with van der Waals surface area (Å²) in [5, 5.41) is 9.57. The highest BCUT2D eigenvalue weighted by molar-refractivity contribution is 6.31. The highest BCUT2D eigenvalue weighted by Crippen LogP contribution is 2.31. The fourth-order valence-electron chi connectivity index (χ4n) is 2.80. The van der Waals surface area contributed by atoms with Crippen LogP contribution in [0.1, 0.15) is 32.6 Å². The number of anilines is 1. The molecule has 0 bridgehead atoms. The molecule has 0 radical (unpaired) electrons. The van der Waals surface area contributed by atoms with Crippen LogP contribution in [0.15, 0.2) is 24.3 Å². The van der Waals surface area contributed by atoms with Crippen LogP contribution in [-0.4, -0.2) is 23.5 Å². The molecule has 1 fully saturated rings. The number of rotatable bonds is 4. The molecule has 0 aromatic heterocycles. The van der Waals surface area contributed by atoms with E-state index in [0.717, 1.165) is 25.7 Å². The molecule has 1 aliphatic carbocycles. The Morgan fingerprint density at radius 1 is 1.29 bits per heavy atom. The van der Waals surface area contributed by atoms with Gasteiger partial charge in [0.15, 0.2) is 0 Å². The Labute approximate surface area is 129 Å². The van der Waals surface area contributed by atoms with Crippen molar-refractivity contribution < 1.29 is 14.7 Å². The van der Waals surface area contributed by atoms with Crippen molar-refractivity contribution in [3.05, 3.63) is 29.3 Å². The number of benzene rings is 1. The summed E-state index contributed by atoms with van der Waals surface area (Å²) >= 11 is 5.95. The van der Waals surface area contributed by atoms with Gasteiger partial charge in [-0.1, -0.05) is 24.6 Å². The van der Waals surface area contributed by atoms with Crippen molar-refractivity contribution >= 4 is 29.2 Å². The zero-order valence-corrected chi connectivity index (χ0v) is 12.8. The quantitative estimate of drug-likeness (QED) is 0.924. The molecule has 0 saturated heterocycles. The van der Waals surface area contributed by atoms with Crippen LogP contribution in [-0.2, 0) is 9.59 Å². The Morgan fingerprint density at radius 3 is 2.52 bits per heavy atom. The number of amides is 1. The average molecular weight is 310 g/mol. The van der Waals surface area contributed by atoms with Crippen LogP contribution < -0.4 is 4.90 Å². The van der Waals surface area contributed by atoms with E-state index >= 15 is 0 Å². The van der Waals surface area contributed by atoms with E-state index < -0.39 is 5.97 Å². The van der Waals surface area contributed by atoms with Crippen molar-refractivity contribution in [3.8, 4) is 0 Å². The van der Waals surface area contributed by atoms with E-state index in [9.17, 15) is 9.59 Å². The van der Waals surface area contributed by atoms with Crippen LogP contribution in [0.2, 0.25) is 5.02 Å². The SMILES string of the molecule is CC1CCC(C(=O)N(CC(=O)O)c2cccc(Cl)c2)CC1. The summed E-state index contributed by atoms with van der Waals surface area (Å²) in [6.07, 6.45) is 3.70. The van der Waals surface area contributed by atoms with Crippen LogP contribution in [0.5, 0.6) is 0 Å². The summed E-state index contributed by atoms with van der Waals surface area (Å²) in [7, 11) is 0. The molecular formula is C16H20ClNO3. The summed E-state index contributed by atoms with van der Waals surface area (Å²) in [6.45, 7) is 1.86. The van der Waals surface area contributed by atoms with Gasteiger partial charge in [-0.2, -0.15) is 0 Å². The molecular weight excluding hydrogens is 290 g/mol. The Balaban J connectivity index is 2.19. The second-order valence-corrected chi connectivity index (χ2v) is 6.19. The van der Waals surface area contributed by atoms with E-state index in [1.165, 1.54) is 4.90 Å². The zero-order valence-electron chi connectivity index (χ0n) is 12.1. The molecule has 0 atom stereocenters. The zero-order chi connectivity index (χ0) is 15.4. The van der Waals surface area contributed by atoms with Crippen molar-refractivity contribution in [1.29, 1.82) is 0 Å². The number of aliphatic carboxylic acids is 1. The first kappa shape index (κ1) is 15.8. The van der Waals surface area contributed by atoms with Crippen molar-refractivity contribution in [1.82, 2.24) is 0 Å². The first-order chi connectivity index (χ1) is 9.97. The van der Waals surface area contributed by atoms with Gasteiger partial charge >= 0.3 is 5.97 Å². The van der Waals surface area contributed by atoms with Gasteiger partial charge < -0.3 is 10.0 Å². The number of carbonyl (C=O) groups is 2. The number of nitrogens with zero attached hydrogens (tertiary/aromatic N) is 1. The molecule has 0 spiro atoms. The smallest absolute Gasteiger partial charge is 0.323 e. The second-order valence-electron chi connectivity index (χ2n) is 5.75. The van der Waals surface area contributed by atoms with Crippen LogP contribution in [0, 0.1) is 11.8 Å². The molecule has 0 aliphatic heterocycles. The molecule has 1 amide bonds. The minimum absolute atomic E-state index is 0.0838. The maximum Gasteiger partial charge on any atom is 0.323 e. The second kappa shape index (κ2) is 6.94. The van der Waals surface area contributed by atoms with Crippen molar-refractivity contribution in [2.75, 3.05) is 11.4 Å². The minimum atomic E-state index is -1.02. The molecule has 1 aromatic carbocycles. The Morgan fingerprint density at radius 2 is 1.95 bits per heavy atom. The maximum atomic E-state index is 12.7. The van der Waals surface area contributed by atoms with E-state index in [-0.39, 0.29) is 18.4 Å². The molecule has 21 heavy (non-hydrogen) atoms. The average Bonchev–Trinajstić information content (AvgIpc) is 2.44. The molecule has 2 rings (SSSR count). The number of carboxylic acids is 1. The third kappa shape index (κ3) is 4.21. The third-order valence-electron chi connectivity index (χ3n) is 4.04. The normalized spacial score (nSPS) is 21.8. The van der Waals surface area contributed by atoms with Crippen molar-refractivity contribution in [2.45, 2.75) is 32.6 Å². The summed E-state index contributed by atoms with van der Waals surface area (Å²) in [4.78, 5) is 25.1. The van der Waals surface area contributed by atoms with Gasteiger partial charge in [0, 0.05) is 16.6 Å². The summed E-state index contributed by atoms with van der Waals surface area (Å²) < 4.78 is 0. The highest BCUT2D eigenvalue weighted by atomic mass is 35.5. The summed E-state index contributed by atoms with van der Waals surface area (Å²) in [5.74, 6) is -0.563. The molecule has 1 saturated carbocycles. The van der Waals surface area contributed by atoms with Gasteiger partial charge in [0.2, 0.25) is 5.91 Å². The molecule has 114 valence electrons. The topological polar surface area (TPSA) is 57.6 Å². The fourth-order valence-corrected chi connectivity index (χ4v) is 2.99. The first-order valence-corrected chi connectivity index (χ1v) is 7.64. The fraction of sp³-hybridized carbons (Fsp3) is 0.500. The van der Waals surface area contributed by atoms with Crippen molar-refractivity contribution in [2.24, 2.45) is 11.8 Å². The van der Waals surface area contributed by atoms with Crippen LogP contribution in [0.4, 0.5) is 5.69 Å². The monoisotopic (exact) mass is 309 g/mol. The molecule has 1 N–H and O–H groups in total. The number of halogens is 1. The van der Waals surface area contributed by atoms with Gasteiger partial charge in [-0.15, -0.1) is 0 Å². The van der Waals surface area contributed by atoms with E-state index in [2.05, 4.69) is 6.92 Å². The lowest BCUT2D eigenvalue weighted by Gasteiger charge is -2.30. The number of hydrogen-bond acceptors (Lipinski definition) is 2. The Kier molecular flexibility index (Phi) is 5.23. The van der Waals surface area contributed by atoms with Crippen LogP contribution in [0.25, 0.3) is 0 Å². The molecule has 1 aromatic rings. The van der Waals surface area contributed by atoms with E-state index in [0.29, 0.717) is 16.6 Å². The van der Waals surface area contributed by atoms with Gasteiger partial charge in [-0.25, -0.2) is 0 Å².